The van der Waals surface area contributed by atoms with Gasteiger partial charge in [0.25, 0.3) is 0 Å². The molecule has 1 heterocycles. The van der Waals surface area contributed by atoms with Crippen molar-refractivity contribution in [1.29, 1.82) is 0 Å². The summed E-state index contributed by atoms with van der Waals surface area (Å²) in [5.41, 5.74) is 1.32. The summed E-state index contributed by atoms with van der Waals surface area (Å²) < 4.78 is 0. The molecule has 3 heteroatoms. The van der Waals surface area contributed by atoms with Crippen molar-refractivity contribution in [3.05, 3.63) is 21.4 Å². The second-order valence-electron chi connectivity index (χ2n) is 4.87. The zero-order valence-electron chi connectivity index (χ0n) is 9.82. The van der Waals surface area contributed by atoms with Crippen LogP contribution in [0.1, 0.15) is 60.3 Å². The predicted octanol–water partition coefficient (Wildman–Crippen LogP) is 3.77. The van der Waals surface area contributed by atoms with E-state index in [2.05, 4.69) is 19.9 Å². The number of thiophene rings is 1. The first-order chi connectivity index (χ1) is 7.58. The van der Waals surface area contributed by atoms with Gasteiger partial charge >= 0.3 is 5.97 Å². The van der Waals surface area contributed by atoms with Gasteiger partial charge in [-0.1, -0.05) is 13.8 Å². The molecule has 88 valence electrons. The lowest BCUT2D eigenvalue weighted by Gasteiger charge is -2.20. The van der Waals surface area contributed by atoms with E-state index in [9.17, 15) is 4.79 Å². The maximum atomic E-state index is 10.8. The fraction of sp³-hybridized carbons (Fsp3) is 0.615. The van der Waals surface area contributed by atoms with E-state index in [1.807, 2.05) is 11.3 Å². The van der Waals surface area contributed by atoms with Crippen molar-refractivity contribution in [3.63, 3.8) is 0 Å². The Labute approximate surface area is 100 Å². The topological polar surface area (TPSA) is 37.3 Å². The summed E-state index contributed by atoms with van der Waals surface area (Å²) in [5, 5.41) is 8.91. The second-order valence-corrected chi connectivity index (χ2v) is 6.04. The van der Waals surface area contributed by atoms with Crippen LogP contribution in [0, 0.1) is 0 Å². The van der Waals surface area contributed by atoms with Crippen LogP contribution in [0.5, 0.6) is 0 Å². The molecule has 1 N–H and O–H groups in total. The van der Waals surface area contributed by atoms with Gasteiger partial charge in [-0.15, -0.1) is 11.3 Å². The van der Waals surface area contributed by atoms with E-state index in [0.29, 0.717) is 12.3 Å². The monoisotopic (exact) mass is 238 g/mol. The van der Waals surface area contributed by atoms with E-state index >= 15 is 0 Å². The molecule has 2 nitrogen and oxygen atoms in total. The fourth-order valence-corrected chi connectivity index (χ4v) is 3.67. The summed E-state index contributed by atoms with van der Waals surface area (Å²) in [6, 6.07) is 2.25. The predicted molar refractivity (Wildman–Crippen MR) is 66.3 cm³/mol. The molecular formula is C13H18O2S. The number of hydrogen-bond donors (Lipinski definition) is 1. The van der Waals surface area contributed by atoms with Gasteiger partial charge in [-0.05, 0) is 42.7 Å². The molecule has 0 amide bonds. The fourth-order valence-electron chi connectivity index (χ4n) is 2.38. The van der Waals surface area contributed by atoms with Crippen molar-refractivity contribution in [1.82, 2.24) is 0 Å². The molecule has 0 aromatic carbocycles. The number of aryl methyl sites for hydroxylation is 1. The molecule has 1 aliphatic carbocycles. The summed E-state index contributed by atoms with van der Waals surface area (Å²) in [7, 11) is 0. The molecule has 2 rings (SSSR count). The van der Waals surface area contributed by atoms with Crippen LogP contribution in [0.2, 0.25) is 0 Å². The molecule has 1 atom stereocenters. The summed E-state index contributed by atoms with van der Waals surface area (Å²) in [5.74, 6) is 0.140. The third kappa shape index (κ3) is 2.29. The molecule has 0 aliphatic heterocycles. The Morgan fingerprint density at radius 3 is 3.00 bits per heavy atom. The van der Waals surface area contributed by atoms with Crippen molar-refractivity contribution in [2.75, 3.05) is 0 Å². The third-order valence-electron chi connectivity index (χ3n) is 3.25. The molecule has 0 saturated heterocycles. The van der Waals surface area contributed by atoms with Gasteiger partial charge in [0.1, 0.15) is 0 Å². The molecular weight excluding hydrogens is 220 g/mol. The zero-order chi connectivity index (χ0) is 11.7. The van der Waals surface area contributed by atoms with Gasteiger partial charge in [-0.3, -0.25) is 4.79 Å². The molecule has 1 aliphatic rings. The van der Waals surface area contributed by atoms with Crippen LogP contribution in [0.15, 0.2) is 6.07 Å². The lowest BCUT2D eigenvalue weighted by atomic mass is 9.85. The molecule has 0 fully saturated rings. The molecule has 1 unspecified atom stereocenters. The summed E-state index contributed by atoms with van der Waals surface area (Å²) >= 11 is 1.88. The maximum Gasteiger partial charge on any atom is 0.303 e. The average Bonchev–Trinajstić information content (AvgIpc) is 2.61. The number of rotatable bonds is 3. The Balaban J connectivity index is 2.27. The number of carboxylic acids is 1. The maximum absolute atomic E-state index is 10.8. The number of aliphatic carboxylic acids is 1. The first kappa shape index (κ1) is 11.6. The Morgan fingerprint density at radius 1 is 1.62 bits per heavy atom. The molecule has 1 aromatic heterocycles. The number of hydrogen-bond acceptors (Lipinski definition) is 2. The highest BCUT2D eigenvalue weighted by Crippen LogP contribution is 2.40. The summed E-state index contributed by atoms with van der Waals surface area (Å²) in [6.45, 7) is 4.40. The van der Waals surface area contributed by atoms with Gasteiger partial charge in [0, 0.05) is 9.75 Å². The molecule has 1 aromatic rings. The second kappa shape index (κ2) is 4.58. The van der Waals surface area contributed by atoms with E-state index < -0.39 is 5.97 Å². The SMILES string of the molecule is CC(C)c1cc2c(s1)CCCC2CC(=O)O. The smallest absolute Gasteiger partial charge is 0.303 e. The van der Waals surface area contributed by atoms with E-state index in [1.54, 1.807) is 0 Å². The minimum Gasteiger partial charge on any atom is -0.481 e. The third-order valence-corrected chi connectivity index (χ3v) is 4.76. The van der Waals surface area contributed by atoms with Crippen LogP contribution < -0.4 is 0 Å². The summed E-state index contributed by atoms with van der Waals surface area (Å²) in [4.78, 5) is 13.7. The Hall–Kier alpha value is -0.830. The average molecular weight is 238 g/mol. The van der Waals surface area contributed by atoms with Crippen LogP contribution >= 0.6 is 11.3 Å². The van der Waals surface area contributed by atoms with Crippen LogP contribution in [-0.4, -0.2) is 11.1 Å². The van der Waals surface area contributed by atoms with Crippen LogP contribution in [0.25, 0.3) is 0 Å². The van der Waals surface area contributed by atoms with E-state index in [0.717, 1.165) is 19.3 Å². The van der Waals surface area contributed by atoms with Crippen molar-refractivity contribution in [2.24, 2.45) is 0 Å². The molecule has 16 heavy (non-hydrogen) atoms. The van der Waals surface area contributed by atoms with Crippen LogP contribution in [-0.2, 0) is 11.2 Å². The van der Waals surface area contributed by atoms with E-state index in [-0.39, 0.29) is 5.92 Å². The molecule has 0 radical (unpaired) electrons. The highest BCUT2D eigenvalue weighted by molar-refractivity contribution is 7.12. The number of carboxylic acid groups (broad SMARTS) is 1. The van der Waals surface area contributed by atoms with Gasteiger partial charge in [-0.2, -0.15) is 0 Å². The molecule has 0 bridgehead atoms. The highest BCUT2D eigenvalue weighted by Gasteiger charge is 2.25. The van der Waals surface area contributed by atoms with E-state index in [4.69, 9.17) is 5.11 Å². The molecule has 0 spiro atoms. The first-order valence-electron chi connectivity index (χ1n) is 5.92. The quantitative estimate of drug-likeness (QED) is 0.870. The minimum absolute atomic E-state index is 0.255. The van der Waals surface area contributed by atoms with Gasteiger partial charge in [-0.25, -0.2) is 0 Å². The normalized spacial score (nSPS) is 19.8. The Kier molecular flexibility index (Phi) is 3.33. The summed E-state index contributed by atoms with van der Waals surface area (Å²) in [6.07, 6.45) is 3.61. The lowest BCUT2D eigenvalue weighted by molar-refractivity contribution is -0.137. The van der Waals surface area contributed by atoms with Crippen molar-refractivity contribution in [2.45, 2.75) is 51.4 Å². The number of fused-ring (bicyclic) bond motifs is 1. The van der Waals surface area contributed by atoms with Gasteiger partial charge in [0.15, 0.2) is 0 Å². The Morgan fingerprint density at radius 2 is 2.38 bits per heavy atom. The highest BCUT2D eigenvalue weighted by atomic mass is 32.1. The van der Waals surface area contributed by atoms with Gasteiger partial charge < -0.3 is 5.11 Å². The van der Waals surface area contributed by atoms with Crippen LogP contribution in [0.3, 0.4) is 0 Å². The van der Waals surface area contributed by atoms with Crippen LogP contribution in [0.4, 0.5) is 0 Å². The van der Waals surface area contributed by atoms with Crippen molar-refractivity contribution >= 4 is 17.3 Å². The Bertz CT molecular complexity index is 393. The molecule has 0 saturated carbocycles. The largest absolute Gasteiger partial charge is 0.481 e. The van der Waals surface area contributed by atoms with Crippen molar-refractivity contribution < 1.29 is 9.90 Å². The lowest BCUT2D eigenvalue weighted by Crippen LogP contribution is -2.11. The zero-order valence-corrected chi connectivity index (χ0v) is 10.6. The standard InChI is InChI=1S/C13H18O2S/c1-8(2)12-7-10-9(6-13(14)15)4-3-5-11(10)16-12/h7-9H,3-6H2,1-2H3,(H,14,15). The van der Waals surface area contributed by atoms with E-state index in [1.165, 1.54) is 15.3 Å². The van der Waals surface area contributed by atoms with Gasteiger partial charge in [0.05, 0.1) is 6.42 Å². The van der Waals surface area contributed by atoms with Crippen molar-refractivity contribution in [3.8, 4) is 0 Å². The van der Waals surface area contributed by atoms with Gasteiger partial charge in [0.2, 0.25) is 0 Å². The minimum atomic E-state index is -0.671. The number of carbonyl (C=O) groups is 1. The first-order valence-corrected chi connectivity index (χ1v) is 6.74.